The molecule has 0 saturated heterocycles. The van der Waals surface area contributed by atoms with Crippen molar-refractivity contribution in [2.24, 2.45) is 18.9 Å². The van der Waals surface area contributed by atoms with Gasteiger partial charge in [-0.25, -0.2) is 23.5 Å². The summed E-state index contributed by atoms with van der Waals surface area (Å²) < 4.78 is 2.10. The van der Waals surface area contributed by atoms with Gasteiger partial charge in [0.1, 0.15) is 9.75 Å². The van der Waals surface area contributed by atoms with Crippen LogP contribution in [0.5, 0.6) is 0 Å². The maximum atomic E-state index is 12.6. The lowest BCUT2D eigenvalue weighted by Gasteiger charge is -2.50. The number of rotatable bonds is 0. The Morgan fingerprint density at radius 1 is 0.840 bits per heavy atom. The lowest BCUT2D eigenvalue weighted by Crippen LogP contribution is -2.55. The first kappa shape index (κ1) is 17.1. The number of hydrogen-bond acceptors (Lipinski definition) is 2. The number of alkyl halides is 4. The molecule has 3 heterocycles. The highest BCUT2D eigenvalue weighted by Crippen LogP contribution is 2.80. The van der Waals surface area contributed by atoms with Crippen LogP contribution in [0, 0.1) is 11.8 Å². The molecule has 5 aliphatic rings. The van der Waals surface area contributed by atoms with Crippen LogP contribution in [0.2, 0.25) is 0 Å². The Balaban J connectivity index is 1.89. The second-order valence-electron chi connectivity index (χ2n) is 6.86. The monoisotopic (exact) mass is 461 g/mol. The van der Waals surface area contributed by atoms with Crippen molar-refractivity contribution in [2.75, 3.05) is 0 Å². The van der Waals surface area contributed by atoms with E-state index in [1.807, 2.05) is 12.2 Å². The number of allylic oxidation sites excluding steroid dienone is 4. The number of halogens is 6. The molecule has 0 unspecified atom stereocenters. The van der Waals surface area contributed by atoms with E-state index >= 15 is 0 Å². The Hall–Kier alpha value is -0.0400. The van der Waals surface area contributed by atoms with Crippen molar-refractivity contribution in [3.05, 3.63) is 43.2 Å². The molecule has 0 radical (unpaired) electrons. The molecular formula is C14H9Cl6N3O2. The minimum Gasteiger partial charge on any atom is -0.246 e. The Labute approximate surface area is 171 Å². The maximum absolute atomic E-state index is 12.6. The summed E-state index contributed by atoms with van der Waals surface area (Å²) in [5.74, 6) is -0.989. The average Bonchev–Trinajstić information content (AvgIpc) is 2.95. The van der Waals surface area contributed by atoms with Gasteiger partial charge in [-0.1, -0.05) is 58.6 Å². The van der Waals surface area contributed by atoms with E-state index in [0.717, 1.165) is 4.57 Å². The summed E-state index contributed by atoms with van der Waals surface area (Å²) in [6.07, 6.45) is 3.64. The van der Waals surface area contributed by atoms with Crippen LogP contribution in [0.4, 0.5) is 0 Å². The van der Waals surface area contributed by atoms with Crippen molar-refractivity contribution in [2.45, 2.75) is 26.2 Å². The Kier molecular flexibility index (Phi) is 3.08. The molecule has 6 rings (SSSR count). The molecule has 1 aromatic rings. The average molecular weight is 464 g/mol. The summed E-state index contributed by atoms with van der Waals surface area (Å²) >= 11 is 39.9. The third kappa shape index (κ3) is 1.40. The van der Waals surface area contributed by atoms with Crippen molar-refractivity contribution in [1.82, 2.24) is 13.9 Å². The van der Waals surface area contributed by atoms with Gasteiger partial charge in [0, 0.05) is 18.9 Å². The fourth-order valence-corrected chi connectivity index (χ4v) is 8.08. The van der Waals surface area contributed by atoms with Gasteiger partial charge in [0.25, 0.3) is 0 Å². The molecule has 6 atom stereocenters. The molecule has 0 spiro atoms. The van der Waals surface area contributed by atoms with Crippen LogP contribution in [-0.2, 0) is 7.05 Å². The van der Waals surface area contributed by atoms with E-state index in [2.05, 4.69) is 0 Å². The van der Waals surface area contributed by atoms with E-state index in [4.69, 9.17) is 69.6 Å². The van der Waals surface area contributed by atoms with E-state index in [9.17, 15) is 9.59 Å². The van der Waals surface area contributed by atoms with Crippen LogP contribution in [0.3, 0.4) is 0 Å². The van der Waals surface area contributed by atoms with Crippen LogP contribution in [0.15, 0.2) is 31.8 Å². The van der Waals surface area contributed by atoms with E-state index < -0.39 is 49.4 Å². The standard InChI is InChI=1S/C14H9Cl6N3O2/c1-21-10(24)22-4-2-3-5(23(22)11(21)25)7-6(4)12(17)8(15)9(16)13(7,18)14(12,19)20/h2-7H,1H3/t4-,5+,6-,7+,12-,13+. The molecule has 1 saturated carbocycles. The predicted octanol–water partition coefficient (Wildman–Crippen LogP) is 3.09. The molecule has 0 aromatic carbocycles. The second kappa shape index (κ2) is 4.50. The quantitative estimate of drug-likeness (QED) is 0.438. The molecule has 0 amide bonds. The van der Waals surface area contributed by atoms with E-state index in [1.54, 1.807) is 0 Å². The molecule has 4 bridgehead atoms. The first-order valence-electron chi connectivity index (χ1n) is 7.43. The van der Waals surface area contributed by atoms with Gasteiger partial charge in [-0.3, -0.25) is 0 Å². The van der Waals surface area contributed by atoms with Crippen LogP contribution in [-0.4, -0.2) is 28.0 Å². The van der Waals surface area contributed by atoms with Gasteiger partial charge in [0.15, 0.2) is 4.33 Å². The van der Waals surface area contributed by atoms with Gasteiger partial charge in [-0.2, -0.15) is 0 Å². The van der Waals surface area contributed by atoms with E-state index in [0.29, 0.717) is 0 Å². The fraction of sp³-hybridized carbons (Fsp3) is 0.571. The van der Waals surface area contributed by atoms with E-state index in [1.165, 1.54) is 16.4 Å². The topological polar surface area (TPSA) is 48.9 Å². The maximum Gasteiger partial charge on any atom is 0.347 e. The molecule has 25 heavy (non-hydrogen) atoms. The first-order valence-corrected chi connectivity index (χ1v) is 9.70. The van der Waals surface area contributed by atoms with Crippen LogP contribution in [0.25, 0.3) is 0 Å². The molecule has 134 valence electrons. The van der Waals surface area contributed by atoms with Gasteiger partial charge < -0.3 is 0 Å². The lowest BCUT2D eigenvalue weighted by molar-refractivity contribution is 0.0973. The molecule has 11 heteroatoms. The number of hydrogen-bond donors (Lipinski definition) is 0. The van der Waals surface area contributed by atoms with Crippen molar-refractivity contribution in [3.63, 3.8) is 0 Å². The Morgan fingerprint density at radius 3 is 1.56 bits per heavy atom. The summed E-state index contributed by atoms with van der Waals surface area (Å²) in [7, 11) is 1.42. The zero-order valence-electron chi connectivity index (χ0n) is 12.4. The van der Waals surface area contributed by atoms with Crippen molar-refractivity contribution < 1.29 is 0 Å². The van der Waals surface area contributed by atoms with Crippen molar-refractivity contribution in [3.8, 4) is 0 Å². The van der Waals surface area contributed by atoms with Gasteiger partial charge in [0.05, 0.1) is 22.1 Å². The predicted molar refractivity (Wildman–Crippen MR) is 98.5 cm³/mol. The third-order valence-corrected chi connectivity index (χ3v) is 10.3. The number of aromatic nitrogens is 3. The normalized spacial score (nSPS) is 45.2. The molecule has 1 aromatic heterocycles. The van der Waals surface area contributed by atoms with Crippen LogP contribution in [0.1, 0.15) is 12.1 Å². The largest absolute Gasteiger partial charge is 0.347 e. The summed E-state index contributed by atoms with van der Waals surface area (Å²) in [6.45, 7) is 0. The van der Waals surface area contributed by atoms with Crippen molar-refractivity contribution in [1.29, 1.82) is 0 Å². The fourth-order valence-electron chi connectivity index (χ4n) is 5.01. The van der Waals surface area contributed by atoms with Gasteiger partial charge >= 0.3 is 11.4 Å². The summed E-state index contributed by atoms with van der Waals surface area (Å²) in [5.41, 5.74) is -0.897. The minimum atomic E-state index is -1.70. The number of fused-ring (bicyclic) bond motifs is 2. The molecule has 2 aliphatic heterocycles. The zero-order valence-corrected chi connectivity index (χ0v) is 16.9. The minimum absolute atomic E-state index is 0.0934. The molecular weight excluding hydrogens is 455 g/mol. The Bertz CT molecular complexity index is 959. The Morgan fingerprint density at radius 2 is 1.20 bits per heavy atom. The second-order valence-corrected chi connectivity index (χ2v) is 10.1. The summed E-state index contributed by atoms with van der Waals surface area (Å²) in [6, 6.07) is -1.13. The smallest absolute Gasteiger partial charge is 0.246 e. The van der Waals surface area contributed by atoms with Gasteiger partial charge in [-0.05, 0) is 0 Å². The lowest BCUT2D eigenvalue weighted by atomic mass is 9.69. The summed E-state index contributed by atoms with van der Waals surface area (Å²) in [4.78, 5) is 22.2. The highest BCUT2D eigenvalue weighted by Gasteiger charge is 2.85. The van der Waals surface area contributed by atoms with E-state index in [-0.39, 0.29) is 10.1 Å². The number of nitrogens with zero attached hydrogens (tertiary/aromatic N) is 3. The van der Waals surface area contributed by atoms with Crippen LogP contribution < -0.4 is 11.4 Å². The van der Waals surface area contributed by atoms with Gasteiger partial charge in [-0.15, -0.1) is 23.2 Å². The summed E-state index contributed by atoms with van der Waals surface area (Å²) in [5, 5.41) is 0.187. The highest BCUT2D eigenvalue weighted by molar-refractivity contribution is 6.65. The zero-order chi connectivity index (χ0) is 18.3. The highest BCUT2D eigenvalue weighted by atomic mass is 35.5. The molecule has 0 N–H and O–H groups in total. The third-order valence-electron chi connectivity index (χ3n) is 6.06. The SMILES string of the molecule is Cn1c(=O)n2n(c1=O)[C@H]1C=C[C@@H]2[C@@H]2[C@H]1[C@]1(Cl)C(Cl)=C(Cl)[C@@]2(Cl)C1(Cl)Cl. The molecule has 5 nitrogen and oxygen atoms in total. The first-order chi connectivity index (χ1) is 11.5. The molecule has 1 fully saturated rings. The molecule has 3 aliphatic carbocycles. The van der Waals surface area contributed by atoms with Crippen LogP contribution >= 0.6 is 69.6 Å². The van der Waals surface area contributed by atoms with Gasteiger partial charge in [0.2, 0.25) is 0 Å². The van der Waals surface area contributed by atoms with Crippen molar-refractivity contribution >= 4 is 69.6 Å².